The zero-order valence-corrected chi connectivity index (χ0v) is 12.8. The highest BCUT2D eigenvalue weighted by atomic mass is 79.9. The van der Waals surface area contributed by atoms with E-state index in [1.807, 2.05) is 11.4 Å². The fraction of sp³-hybridized carbons (Fsp3) is 0.273. The number of hydrazine groups is 1. The monoisotopic (exact) mass is 344 g/mol. The summed E-state index contributed by atoms with van der Waals surface area (Å²) in [6.07, 6.45) is 1.53. The van der Waals surface area contributed by atoms with Crippen LogP contribution in [-0.4, -0.2) is 24.2 Å². The molecule has 3 N–H and O–H groups in total. The van der Waals surface area contributed by atoms with Gasteiger partial charge in [-0.3, -0.25) is 5.84 Å². The molecule has 1 unspecified atom stereocenters. The number of methoxy groups -OCH3 is 2. The van der Waals surface area contributed by atoms with Crippen LogP contribution >= 0.6 is 27.3 Å². The molecule has 6 nitrogen and oxygen atoms in total. The van der Waals surface area contributed by atoms with Crippen LogP contribution in [0.1, 0.15) is 17.3 Å². The lowest BCUT2D eigenvalue weighted by atomic mass is 10.1. The number of thiophene rings is 1. The second kappa shape index (κ2) is 6.29. The molecular weight excluding hydrogens is 332 g/mol. The number of nitrogens with one attached hydrogen (secondary N) is 1. The van der Waals surface area contributed by atoms with Crippen LogP contribution in [0.3, 0.4) is 0 Å². The van der Waals surface area contributed by atoms with Gasteiger partial charge >= 0.3 is 0 Å². The molecule has 8 heteroatoms. The average molecular weight is 345 g/mol. The number of ether oxygens (including phenoxy) is 2. The van der Waals surface area contributed by atoms with Crippen molar-refractivity contribution < 1.29 is 9.47 Å². The van der Waals surface area contributed by atoms with E-state index in [4.69, 9.17) is 15.3 Å². The summed E-state index contributed by atoms with van der Waals surface area (Å²) in [7, 11) is 3.06. The summed E-state index contributed by atoms with van der Waals surface area (Å²) in [6.45, 7) is 0. The molecule has 19 heavy (non-hydrogen) atoms. The zero-order valence-electron chi connectivity index (χ0n) is 10.4. The van der Waals surface area contributed by atoms with Crippen LogP contribution in [0.5, 0.6) is 11.8 Å². The van der Waals surface area contributed by atoms with Crippen LogP contribution in [0.4, 0.5) is 0 Å². The highest BCUT2D eigenvalue weighted by Crippen LogP contribution is 2.31. The summed E-state index contributed by atoms with van der Waals surface area (Å²) in [6, 6.07) is 1.68. The molecule has 2 rings (SSSR count). The van der Waals surface area contributed by atoms with Crippen molar-refractivity contribution in [1.29, 1.82) is 0 Å². The van der Waals surface area contributed by atoms with E-state index in [-0.39, 0.29) is 6.04 Å². The van der Waals surface area contributed by atoms with Gasteiger partial charge in [-0.2, -0.15) is 4.98 Å². The van der Waals surface area contributed by atoms with Gasteiger partial charge in [0.15, 0.2) is 0 Å². The molecule has 1 atom stereocenters. The lowest BCUT2D eigenvalue weighted by Crippen LogP contribution is -2.29. The fourth-order valence-electron chi connectivity index (χ4n) is 1.62. The molecule has 0 aromatic carbocycles. The van der Waals surface area contributed by atoms with Gasteiger partial charge in [0.2, 0.25) is 11.8 Å². The van der Waals surface area contributed by atoms with E-state index in [0.717, 1.165) is 9.35 Å². The van der Waals surface area contributed by atoms with Crippen molar-refractivity contribution in [3.63, 3.8) is 0 Å². The molecule has 0 saturated heterocycles. The third-order valence-electron chi connectivity index (χ3n) is 2.51. The van der Waals surface area contributed by atoms with Gasteiger partial charge in [-0.1, -0.05) is 0 Å². The van der Waals surface area contributed by atoms with Crippen LogP contribution in [0.15, 0.2) is 21.4 Å². The summed E-state index contributed by atoms with van der Waals surface area (Å²) < 4.78 is 11.3. The Morgan fingerprint density at radius 1 is 1.42 bits per heavy atom. The molecule has 0 bridgehead atoms. The molecular formula is C11H13BrN4O2S. The second-order valence-electron chi connectivity index (χ2n) is 3.59. The summed E-state index contributed by atoms with van der Waals surface area (Å²) in [5, 5.41) is 1.99. The Morgan fingerprint density at radius 3 is 2.74 bits per heavy atom. The summed E-state index contributed by atoms with van der Waals surface area (Å²) in [5.74, 6) is 6.40. The first kappa shape index (κ1) is 14.2. The van der Waals surface area contributed by atoms with Crippen LogP contribution in [-0.2, 0) is 0 Å². The van der Waals surface area contributed by atoms with Crippen molar-refractivity contribution in [3.05, 3.63) is 32.7 Å². The number of nitrogens with two attached hydrogens (primary N) is 1. The number of aromatic nitrogens is 2. The third kappa shape index (κ3) is 3.03. The Balaban J connectivity index is 2.43. The minimum absolute atomic E-state index is 0.295. The van der Waals surface area contributed by atoms with Gasteiger partial charge in [-0.15, -0.1) is 11.3 Å². The van der Waals surface area contributed by atoms with Gasteiger partial charge in [0.25, 0.3) is 0 Å². The maximum atomic E-state index is 5.62. The molecule has 0 aliphatic heterocycles. The molecule has 0 aliphatic carbocycles. The standard InChI is InChI=1S/C11H13BrN4O2S/c1-17-8-4-14-10(11(15-8)18-2)9(16-13)6-3-7(12)19-5-6/h3-5,9,16H,13H2,1-2H3. The van der Waals surface area contributed by atoms with E-state index >= 15 is 0 Å². The van der Waals surface area contributed by atoms with Crippen molar-refractivity contribution in [2.75, 3.05) is 14.2 Å². The SMILES string of the molecule is COc1cnc(C(NN)c2csc(Br)c2)c(OC)n1. The highest BCUT2D eigenvalue weighted by molar-refractivity contribution is 9.11. The number of nitrogens with zero attached hydrogens (tertiary/aromatic N) is 2. The van der Waals surface area contributed by atoms with E-state index < -0.39 is 0 Å². The Kier molecular flexibility index (Phi) is 4.70. The van der Waals surface area contributed by atoms with Crippen molar-refractivity contribution in [1.82, 2.24) is 15.4 Å². The van der Waals surface area contributed by atoms with E-state index in [0.29, 0.717) is 17.5 Å². The quantitative estimate of drug-likeness (QED) is 0.636. The summed E-state index contributed by atoms with van der Waals surface area (Å²) in [5.41, 5.74) is 4.31. The minimum Gasteiger partial charge on any atom is -0.480 e. The van der Waals surface area contributed by atoms with E-state index in [1.165, 1.54) is 20.4 Å². The third-order valence-corrected chi connectivity index (χ3v) is 4.03. The maximum Gasteiger partial charge on any atom is 0.240 e. The van der Waals surface area contributed by atoms with Gasteiger partial charge in [0.05, 0.1) is 30.2 Å². The van der Waals surface area contributed by atoms with Crippen LogP contribution in [0.2, 0.25) is 0 Å². The smallest absolute Gasteiger partial charge is 0.240 e. The largest absolute Gasteiger partial charge is 0.480 e. The normalized spacial score (nSPS) is 12.2. The second-order valence-corrected chi connectivity index (χ2v) is 5.88. The van der Waals surface area contributed by atoms with Gasteiger partial charge in [0, 0.05) is 0 Å². The predicted octanol–water partition coefficient (Wildman–Crippen LogP) is 1.87. The Bertz CT molecular complexity index is 563. The van der Waals surface area contributed by atoms with Crippen LogP contribution in [0.25, 0.3) is 0 Å². The average Bonchev–Trinajstić information content (AvgIpc) is 2.86. The lowest BCUT2D eigenvalue weighted by Gasteiger charge is -2.16. The molecule has 0 saturated carbocycles. The Hall–Kier alpha value is -1.22. The molecule has 2 aromatic rings. The van der Waals surface area contributed by atoms with Crippen LogP contribution < -0.4 is 20.7 Å². The topological polar surface area (TPSA) is 82.3 Å². The zero-order chi connectivity index (χ0) is 13.8. The number of rotatable bonds is 5. The molecule has 102 valence electrons. The Morgan fingerprint density at radius 2 is 2.21 bits per heavy atom. The number of hydrogen-bond donors (Lipinski definition) is 2. The number of hydrogen-bond acceptors (Lipinski definition) is 7. The lowest BCUT2D eigenvalue weighted by molar-refractivity contribution is 0.352. The summed E-state index contributed by atoms with van der Waals surface area (Å²) >= 11 is 4.99. The molecule has 0 aliphatic rings. The first-order valence-corrected chi connectivity index (χ1v) is 7.01. The van der Waals surface area contributed by atoms with Crippen LogP contribution in [0, 0.1) is 0 Å². The molecule has 0 fully saturated rings. The number of halogens is 1. The molecule has 2 heterocycles. The van der Waals surface area contributed by atoms with Gasteiger partial charge in [-0.05, 0) is 32.9 Å². The molecule has 0 amide bonds. The Labute approximate surface area is 123 Å². The van der Waals surface area contributed by atoms with E-state index in [2.05, 4.69) is 31.3 Å². The van der Waals surface area contributed by atoms with E-state index in [1.54, 1.807) is 11.3 Å². The van der Waals surface area contributed by atoms with Crippen molar-refractivity contribution >= 4 is 27.3 Å². The molecule has 2 aromatic heterocycles. The van der Waals surface area contributed by atoms with Gasteiger partial charge < -0.3 is 9.47 Å². The van der Waals surface area contributed by atoms with Crippen molar-refractivity contribution in [3.8, 4) is 11.8 Å². The molecule has 0 radical (unpaired) electrons. The fourth-order valence-corrected chi connectivity index (χ4v) is 2.82. The molecule has 0 spiro atoms. The van der Waals surface area contributed by atoms with Crippen molar-refractivity contribution in [2.24, 2.45) is 5.84 Å². The van der Waals surface area contributed by atoms with E-state index in [9.17, 15) is 0 Å². The first-order valence-electron chi connectivity index (χ1n) is 5.34. The first-order chi connectivity index (χ1) is 9.19. The predicted molar refractivity (Wildman–Crippen MR) is 76.3 cm³/mol. The van der Waals surface area contributed by atoms with Gasteiger partial charge in [-0.25, -0.2) is 10.4 Å². The van der Waals surface area contributed by atoms with Gasteiger partial charge in [0.1, 0.15) is 5.69 Å². The summed E-state index contributed by atoms with van der Waals surface area (Å²) in [4.78, 5) is 8.51. The maximum absolute atomic E-state index is 5.62. The highest BCUT2D eigenvalue weighted by Gasteiger charge is 2.21. The van der Waals surface area contributed by atoms with Crippen molar-refractivity contribution in [2.45, 2.75) is 6.04 Å². The minimum atomic E-state index is -0.295.